The Morgan fingerprint density at radius 1 is 1.33 bits per heavy atom. The van der Waals surface area contributed by atoms with Gasteiger partial charge in [-0.05, 0) is 12.1 Å². The lowest BCUT2D eigenvalue weighted by Crippen LogP contribution is -2.14. The number of nitrogens with two attached hydrogens (primary N) is 2. The molecule has 4 N–H and O–H groups in total. The minimum Gasteiger partial charge on any atom is -0.396 e. The fourth-order valence-corrected chi connectivity index (χ4v) is 1.68. The summed E-state index contributed by atoms with van der Waals surface area (Å²) >= 11 is 5.57. The number of hydrogen-bond donors (Lipinski definition) is 2. The molecule has 0 aliphatic heterocycles. The molecule has 1 rings (SSSR count). The van der Waals surface area contributed by atoms with E-state index in [4.69, 9.17) is 22.5 Å². The highest BCUT2D eigenvalue weighted by atomic mass is 35.5. The highest BCUT2D eigenvalue weighted by Gasteiger charge is 2.13. The van der Waals surface area contributed by atoms with Crippen LogP contribution in [0.15, 0.2) is 23.1 Å². The molecular weight excluding hydrogens is 200 g/mol. The summed E-state index contributed by atoms with van der Waals surface area (Å²) in [5.41, 5.74) is 5.37. The van der Waals surface area contributed by atoms with E-state index >= 15 is 0 Å². The van der Waals surface area contributed by atoms with Crippen LogP contribution < -0.4 is 10.9 Å². The molecule has 0 bridgehead atoms. The molecule has 0 fully saturated rings. The lowest BCUT2D eigenvalue weighted by atomic mass is 10.3. The molecule has 0 atom stereocenters. The molecule has 0 radical (unpaired) electrons. The molecule has 12 heavy (non-hydrogen) atoms. The van der Waals surface area contributed by atoms with E-state index in [0.29, 0.717) is 0 Å². The van der Waals surface area contributed by atoms with E-state index in [9.17, 15) is 8.42 Å². The lowest BCUT2D eigenvalue weighted by Gasteiger charge is -2.03. The van der Waals surface area contributed by atoms with Crippen molar-refractivity contribution >= 4 is 27.3 Å². The summed E-state index contributed by atoms with van der Waals surface area (Å²) in [5.74, 6) is 0. The molecule has 0 aromatic heterocycles. The van der Waals surface area contributed by atoms with Gasteiger partial charge in [0.15, 0.2) is 0 Å². The minimum atomic E-state index is -3.77. The number of primary sulfonamides is 1. The fourth-order valence-electron chi connectivity index (χ4n) is 0.765. The second-order valence-electron chi connectivity index (χ2n) is 2.20. The number of anilines is 1. The van der Waals surface area contributed by atoms with Gasteiger partial charge in [-0.15, -0.1) is 0 Å². The van der Waals surface area contributed by atoms with E-state index in [1.807, 2.05) is 0 Å². The Kier molecular flexibility index (Phi) is 2.27. The number of rotatable bonds is 1. The molecule has 0 heterocycles. The van der Waals surface area contributed by atoms with E-state index in [-0.39, 0.29) is 15.6 Å². The quantitative estimate of drug-likeness (QED) is 0.659. The second-order valence-corrected chi connectivity index (χ2v) is 4.13. The van der Waals surface area contributed by atoms with Crippen LogP contribution in [-0.2, 0) is 10.0 Å². The fraction of sp³-hybridized carbons (Fsp3) is 0. The Hall–Kier alpha value is -0.780. The van der Waals surface area contributed by atoms with Crippen molar-refractivity contribution in [3.63, 3.8) is 0 Å². The molecule has 0 spiro atoms. The number of hydrogen-bond acceptors (Lipinski definition) is 3. The van der Waals surface area contributed by atoms with Crippen molar-refractivity contribution < 1.29 is 8.42 Å². The Morgan fingerprint density at radius 3 is 2.33 bits per heavy atom. The number of sulfonamides is 1. The summed E-state index contributed by atoms with van der Waals surface area (Å²) < 4.78 is 21.7. The van der Waals surface area contributed by atoms with Crippen LogP contribution in [0.3, 0.4) is 0 Å². The predicted octanol–water partition coefficient (Wildman–Crippen LogP) is 0.570. The second kappa shape index (κ2) is 2.93. The minimum absolute atomic E-state index is 0.0123. The van der Waals surface area contributed by atoms with Crippen LogP contribution in [0.4, 0.5) is 5.69 Å². The van der Waals surface area contributed by atoms with Gasteiger partial charge in [-0.25, -0.2) is 13.6 Å². The first-order valence-electron chi connectivity index (χ1n) is 2.99. The first kappa shape index (κ1) is 9.31. The Bertz CT molecular complexity index is 402. The van der Waals surface area contributed by atoms with Crippen molar-refractivity contribution in [1.29, 1.82) is 0 Å². The van der Waals surface area contributed by atoms with Crippen LogP contribution in [0.1, 0.15) is 0 Å². The van der Waals surface area contributed by atoms with Gasteiger partial charge < -0.3 is 5.73 Å². The zero-order chi connectivity index (χ0) is 9.35. The van der Waals surface area contributed by atoms with Gasteiger partial charge in [-0.2, -0.15) is 0 Å². The normalized spacial score (nSPS) is 11.5. The van der Waals surface area contributed by atoms with E-state index in [2.05, 4.69) is 0 Å². The predicted molar refractivity (Wildman–Crippen MR) is 47.2 cm³/mol. The van der Waals surface area contributed by atoms with Crippen LogP contribution in [0, 0.1) is 0 Å². The van der Waals surface area contributed by atoms with Crippen molar-refractivity contribution in [3.8, 4) is 0 Å². The van der Waals surface area contributed by atoms with Gasteiger partial charge >= 0.3 is 0 Å². The average Bonchev–Trinajstić information content (AvgIpc) is 1.92. The molecule has 6 heteroatoms. The van der Waals surface area contributed by atoms with Gasteiger partial charge in [-0.1, -0.05) is 17.7 Å². The van der Waals surface area contributed by atoms with Crippen molar-refractivity contribution in [2.45, 2.75) is 4.90 Å². The maximum Gasteiger partial charge on any atom is 0.240 e. The van der Waals surface area contributed by atoms with Gasteiger partial charge in [-0.3, -0.25) is 0 Å². The molecule has 1 aromatic carbocycles. The zero-order valence-corrected chi connectivity index (χ0v) is 7.56. The largest absolute Gasteiger partial charge is 0.396 e. The third kappa shape index (κ3) is 1.69. The standard InChI is InChI=1S/C6H7ClN2O2S/c7-4-2-1-3-5(6(4)8)12(9,10)11/h1-3H,8H2,(H2,9,10,11). The molecule has 4 nitrogen and oxygen atoms in total. The van der Waals surface area contributed by atoms with Crippen LogP contribution >= 0.6 is 11.6 Å². The highest BCUT2D eigenvalue weighted by molar-refractivity contribution is 7.89. The van der Waals surface area contributed by atoms with E-state index in [1.165, 1.54) is 18.2 Å². The molecule has 0 aliphatic rings. The van der Waals surface area contributed by atoms with E-state index in [1.54, 1.807) is 0 Å². The van der Waals surface area contributed by atoms with Gasteiger partial charge in [0.05, 0.1) is 10.7 Å². The van der Waals surface area contributed by atoms with Gasteiger partial charge in [0.25, 0.3) is 0 Å². The lowest BCUT2D eigenvalue weighted by molar-refractivity contribution is 0.598. The highest BCUT2D eigenvalue weighted by Crippen LogP contribution is 2.24. The van der Waals surface area contributed by atoms with Gasteiger partial charge in [0, 0.05) is 0 Å². The third-order valence-corrected chi connectivity index (χ3v) is 2.62. The Labute approximate surface area is 75.2 Å². The SMILES string of the molecule is Nc1c(Cl)cccc1S(N)(=O)=O. The van der Waals surface area contributed by atoms with Crippen LogP contribution in [0.25, 0.3) is 0 Å². The summed E-state index contributed by atoms with van der Waals surface area (Å²) in [6.45, 7) is 0. The molecule has 0 unspecified atom stereocenters. The van der Waals surface area contributed by atoms with Gasteiger partial charge in [0.2, 0.25) is 10.0 Å². The molecule has 1 aromatic rings. The molecule has 0 amide bonds. The molecule has 0 aliphatic carbocycles. The number of nitrogen functional groups attached to an aromatic ring is 1. The summed E-state index contributed by atoms with van der Waals surface area (Å²) in [6, 6.07) is 4.26. The summed E-state index contributed by atoms with van der Waals surface area (Å²) in [5, 5.41) is 5.04. The number of benzene rings is 1. The number of halogens is 1. The van der Waals surface area contributed by atoms with Crippen molar-refractivity contribution in [2.24, 2.45) is 5.14 Å². The maximum atomic E-state index is 10.8. The maximum absolute atomic E-state index is 10.8. The Balaban J connectivity index is 3.47. The summed E-state index contributed by atoms with van der Waals surface area (Å²) in [7, 11) is -3.77. The number of para-hydroxylation sites is 1. The Morgan fingerprint density at radius 2 is 1.92 bits per heavy atom. The molecule has 66 valence electrons. The molecular formula is C6H7ClN2O2S. The summed E-state index contributed by atoms with van der Waals surface area (Å²) in [4.78, 5) is -0.144. The first-order chi connectivity index (χ1) is 5.43. The molecule has 0 saturated carbocycles. The van der Waals surface area contributed by atoms with Crippen LogP contribution in [0.5, 0.6) is 0 Å². The zero-order valence-electron chi connectivity index (χ0n) is 5.99. The molecule has 0 saturated heterocycles. The van der Waals surface area contributed by atoms with Crippen LogP contribution in [0.2, 0.25) is 5.02 Å². The van der Waals surface area contributed by atoms with E-state index in [0.717, 1.165) is 0 Å². The smallest absolute Gasteiger partial charge is 0.240 e. The van der Waals surface area contributed by atoms with Crippen molar-refractivity contribution in [3.05, 3.63) is 23.2 Å². The first-order valence-corrected chi connectivity index (χ1v) is 4.92. The monoisotopic (exact) mass is 206 g/mol. The third-order valence-electron chi connectivity index (χ3n) is 1.32. The van der Waals surface area contributed by atoms with Crippen molar-refractivity contribution in [1.82, 2.24) is 0 Å². The van der Waals surface area contributed by atoms with Crippen LogP contribution in [-0.4, -0.2) is 8.42 Å². The average molecular weight is 207 g/mol. The van der Waals surface area contributed by atoms with Gasteiger partial charge in [0.1, 0.15) is 4.90 Å². The topological polar surface area (TPSA) is 86.2 Å². The van der Waals surface area contributed by atoms with Crippen molar-refractivity contribution in [2.75, 3.05) is 5.73 Å². The van der Waals surface area contributed by atoms with E-state index < -0.39 is 10.0 Å². The summed E-state index contributed by atoms with van der Waals surface area (Å²) in [6.07, 6.45) is 0.